The predicted octanol–water partition coefficient (Wildman–Crippen LogP) is 2.16. The number of nitrogens with one attached hydrogen (secondary N) is 1. The van der Waals surface area contributed by atoms with E-state index < -0.39 is 5.60 Å². The molecule has 0 amide bonds. The molecule has 0 aromatic carbocycles. The van der Waals surface area contributed by atoms with Crippen LogP contribution in [0.5, 0.6) is 0 Å². The molecule has 4 heteroatoms. The number of hydrogen-bond acceptors (Lipinski definition) is 4. The fourth-order valence-electron chi connectivity index (χ4n) is 1.87. The van der Waals surface area contributed by atoms with Gasteiger partial charge in [0.15, 0.2) is 0 Å². The van der Waals surface area contributed by atoms with Gasteiger partial charge in [-0.15, -0.1) is 0 Å². The summed E-state index contributed by atoms with van der Waals surface area (Å²) in [6.07, 6.45) is 3.89. The first-order chi connectivity index (χ1) is 7.94. The van der Waals surface area contributed by atoms with Gasteiger partial charge >= 0.3 is 0 Å². The van der Waals surface area contributed by atoms with Crippen molar-refractivity contribution in [3.8, 4) is 6.07 Å². The third-order valence-electron chi connectivity index (χ3n) is 2.45. The van der Waals surface area contributed by atoms with Crippen molar-refractivity contribution in [3.63, 3.8) is 0 Å². The lowest BCUT2D eigenvalue weighted by atomic mass is 9.94. The van der Waals surface area contributed by atoms with Crippen LogP contribution in [-0.4, -0.2) is 22.2 Å². The molecular weight excluding hydrogens is 214 g/mol. The molecule has 0 radical (unpaired) electrons. The summed E-state index contributed by atoms with van der Waals surface area (Å²) in [5.74, 6) is 0.427. The molecule has 0 aliphatic carbocycles. The first-order valence-electron chi connectivity index (χ1n) is 5.75. The van der Waals surface area contributed by atoms with E-state index >= 15 is 0 Å². The molecule has 0 fully saturated rings. The first-order valence-corrected chi connectivity index (χ1v) is 5.75. The molecule has 0 spiro atoms. The Bertz CT molecular complexity index is 407. The Balaban J connectivity index is 2.64. The highest BCUT2D eigenvalue weighted by Gasteiger charge is 2.21. The van der Waals surface area contributed by atoms with Gasteiger partial charge in [-0.3, -0.25) is 4.98 Å². The molecule has 0 saturated heterocycles. The van der Waals surface area contributed by atoms with Gasteiger partial charge in [0.25, 0.3) is 0 Å². The lowest BCUT2D eigenvalue weighted by Gasteiger charge is -2.26. The first kappa shape index (κ1) is 13.5. The molecule has 0 bridgehead atoms. The van der Waals surface area contributed by atoms with Crippen LogP contribution in [0.3, 0.4) is 0 Å². The van der Waals surface area contributed by atoms with E-state index in [1.807, 2.05) is 0 Å². The third-order valence-corrected chi connectivity index (χ3v) is 2.45. The van der Waals surface area contributed by atoms with Crippen molar-refractivity contribution in [1.82, 2.24) is 4.98 Å². The molecule has 1 atom stereocenters. The predicted molar refractivity (Wildman–Crippen MR) is 67.5 cm³/mol. The van der Waals surface area contributed by atoms with E-state index in [1.165, 1.54) is 0 Å². The Morgan fingerprint density at radius 1 is 1.59 bits per heavy atom. The molecule has 92 valence electrons. The molecular formula is C13H19N3O. The SMILES string of the molecule is CC(C)CC(C)(O)CNc1cnccc1C#N. The summed E-state index contributed by atoms with van der Waals surface area (Å²) in [4.78, 5) is 3.96. The summed E-state index contributed by atoms with van der Waals surface area (Å²) in [5.41, 5.74) is 0.427. The topological polar surface area (TPSA) is 68.9 Å². The number of pyridine rings is 1. The maximum Gasteiger partial charge on any atom is 0.101 e. The lowest BCUT2D eigenvalue weighted by molar-refractivity contribution is 0.0515. The Morgan fingerprint density at radius 2 is 2.29 bits per heavy atom. The maximum absolute atomic E-state index is 10.1. The third kappa shape index (κ3) is 4.41. The number of nitrogens with zero attached hydrogens (tertiary/aromatic N) is 2. The molecule has 1 heterocycles. The van der Waals surface area contributed by atoms with Gasteiger partial charge in [-0.1, -0.05) is 13.8 Å². The highest BCUT2D eigenvalue weighted by atomic mass is 16.3. The fraction of sp³-hybridized carbons (Fsp3) is 0.538. The molecule has 1 rings (SSSR count). The quantitative estimate of drug-likeness (QED) is 0.817. The van der Waals surface area contributed by atoms with E-state index in [0.29, 0.717) is 30.1 Å². The van der Waals surface area contributed by atoms with Gasteiger partial charge in [-0.2, -0.15) is 5.26 Å². The molecule has 0 aliphatic heterocycles. The van der Waals surface area contributed by atoms with Crippen LogP contribution < -0.4 is 5.32 Å². The summed E-state index contributed by atoms with van der Waals surface area (Å²) < 4.78 is 0. The highest BCUT2D eigenvalue weighted by molar-refractivity contribution is 5.55. The van der Waals surface area contributed by atoms with Crippen LogP contribution >= 0.6 is 0 Å². The lowest BCUT2D eigenvalue weighted by Crippen LogP contribution is -2.35. The second-order valence-electron chi connectivity index (χ2n) is 4.98. The van der Waals surface area contributed by atoms with Crippen molar-refractivity contribution < 1.29 is 5.11 Å². The molecule has 0 aliphatic rings. The van der Waals surface area contributed by atoms with E-state index in [1.54, 1.807) is 25.4 Å². The Morgan fingerprint density at radius 3 is 2.88 bits per heavy atom. The van der Waals surface area contributed by atoms with Crippen molar-refractivity contribution in [3.05, 3.63) is 24.0 Å². The van der Waals surface area contributed by atoms with Crippen molar-refractivity contribution in [2.45, 2.75) is 32.8 Å². The Kier molecular flexibility index (Phi) is 4.47. The van der Waals surface area contributed by atoms with Crippen molar-refractivity contribution in [2.24, 2.45) is 5.92 Å². The molecule has 2 N–H and O–H groups in total. The summed E-state index contributed by atoms with van der Waals surface area (Å²) in [6.45, 7) is 6.34. The van der Waals surface area contributed by atoms with Crippen LogP contribution in [-0.2, 0) is 0 Å². The smallest absolute Gasteiger partial charge is 0.101 e. The largest absolute Gasteiger partial charge is 0.388 e. The van der Waals surface area contributed by atoms with E-state index in [-0.39, 0.29) is 0 Å². The zero-order valence-corrected chi connectivity index (χ0v) is 10.6. The van der Waals surface area contributed by atoms with Crippen molar-refractivity contribution in [2.75, 3.05) is 11.9 Å². The summed E-state index contributed by atoms with van der Waals surface area (Å²) >= 11 is 0. The minimum Gasteiger partial charge on any atom is -0.388 e. The number of anilines is 1. The monoisotopic (exact) mass is 233 g/mol. The van der Waals surface area contributed by atoms with Gasteiger partial charge in [0.2, 0.25) is 0 Å². The van der Waals surface area contributed by atoms with E-state index in [4.69, 9.17) is 5.26 Å². The average Bonchev–Trinajstić information content (AvgIpc) is 2.25. The van der Waals surface area contributed by atoms with Crippen LogP contribution in [0.2, 0.25) is 0 Å². The fourth-order valence-corrected chi connectivity index (χ4v) is 1.87. The van der Waals surface area contributed by atoms with Crippen LogP contribution in [0, 0.1) is 17.2 Å². The zero-order valence-electron chi connectivity index (χ0n) is 10.6. The molecule has 4 nitrogen and oxygen atoms in total. The van der Waals surface area contributed by atoms with Gasteiger partial charge in [0.05, 0.1) is 23.0 Å². The van der Waals surface area contributed by atoms with Crippen LogP contribution in [0.25, 0.3) is 0 Å². The number of aromatic nitrogens is 1. The Labute approximate surface area is 102 Å². The van der Waals surface area contributed by atoms with Crippen molar-refractivity contribution >= 4 is 5.69 Å². The molecule has 1 unspecified atom stereocenters. The van der Waals surface area contributed by atoms with E-state index in [9.17, 15) is 5.11 Å². The average molecular weight is 233 g/mol. The standard InChI is InChI=1S/C13H19N3O/c1-10(2)6-13(3,17)9-16-12-8-15-5-4-11(12)7-14/h4-5,8,10,16-17H,6,9H2,1-3H3. The number of rotatable bonds is 5. The van der Waals surface area contributed by atoms with Crippen molar-refractivity contribution in [1.29, 1.82) is 5.26 Å². The number of nitriles is 1. The molecule has 17 heavy (non-hydrogen) atoms. The Hall–Kier alpha value is -1.60. The number of hydrogen-bond donors (Lipinski definition) is 2. The second kappa shape index (κ2) is 5.65. The second-order valence-corrected chi connectivity index (χ2v) is 4.98. The van der Waals surface area contributed by atoms with Crippen LogP contribution in [0.4, 0.5) is 5.69 Å². The molecule has 0 saturated carbocycles. The maximum atomic E-state index is 10.1. The minimum atomic E-state index is -0.781. The summed E-state index contributed by atoms with van der Waals surface area (Å²) in [5, 5.41) is 22.1. The van der Waals surface area contributed by atoms with Gasteiger partial charge in [0.1, 0.15) is 6.07 Å². The zero-order chi connectivity index (χ0) is 12.9. The van der Waals surface area contributed by atoms with Gasteiger partial charge in [-0.05, 0) is 25.3 Å². The highest BCUT2D eigenvalue weighted by Crippen LogP contribution is 2.18. The summed E-state index contributed by atoms with van der Waals surface area (Å²) in [6, 6.07) is 3.74. The minimum absolute atomic E-state index is 0.408. The normalized spacial score (nSPS) is 14.1. The molecule has 1 aromatic heterocycles. The van der Waals surface area contributed by atoms with Crippen LogP contribution in [0.15, 0.2) is 18.5 Å². The van der Waals surface area contributed by atoms with Gasteiger partial charge in [-0.25, -0.2) is 0 Å². The number of aliphatic hydroxyl groups is 1. The molecule has 1 aromatic rings. The van der Waals surface area contributed by atoms with Crippen LogP contribution in [0.1, 0.15) is 32.8 Å². The van der Waals surface area contributed by atoms with E-state index in [0.717, 1.165) is 0 Å². The van der Waals surface area contributed by atoms with E-state index in [2.05, 4.69) is 30.2 Å². The van der Waals surface area contributed by atoms with Gasteiger partial charge < -0.3 is 10.4 Å². The van der Waals surface area contributed by atoms with Gasteiger partial charge in [0, 0.05) is 12.7 Å². The summed E-state index contributed by atoms with van der Waals surface area (Å²) in [7, 11) is 0.